The minimum Gasteiger partial charge on any atom is -0.329 e. The quantitative estimate of drug-likeness (QED) is 0.861. The molecular formula is C12H19N3OS. The smallest absolute Gasteiger partial charge is 0.233 e. The number of aryl methyl sites for hydroxylation is 2. The Labute approximate surface area is 106 Å². The number of rotatable bonds is 4. The number of carbonyl (C=O) groups excluding carboxylic acids is 1. The number of aromatic nitrogens is 1. The van der Waals surface area contributed by atoms with Crippen LogP contribution in [0.1, 0.15) is 37.3 Å². The van der Waals surface area contributed by atoms with Crippen LogP contribution in [0.4, 0.5) is 5.13 Å². The fourth-order valence-corrected chi connectivity index (χ4v) is 2.93. The number of nitrogens with one attached hydrogen (secondary N) is 1. The Balaban J connectivity index is 2.07. The standard InChI is InChI=1S/C12H19N3OS/c1-3-12(2,7-13)10(16)15-11-14-8-5-4-6-9(8)17-11/h3-7,13H2,1-2H3,(H,14,15,16). The fourth-order valence-electron chi connectivity index (χ4n) is 1.89. The first-order valence-electron chi connectivity index (χ1n) is 6.09. The normalized spacial score (nSPS) is 17.6. The van der Waals surface area contributed by atoms with Gasteiger partial charge in [0.25, 0.3) is 0 Å². The lowest BCUT2D eigenvalue weighted by Gasteiger charge is -2.24. The molecule has 1 atom stereocenters. The van der Waals surface area contributed by atoms with Crippen LogP contribution in [0.25, 0.3) is 0 Å². The molecular weight excluding hydrogens is 234 g/mol. The third kappa shape index (κ3) is 2.35. The molecule has 2 rings (SSSR count). The molecule has 1 aliphatic carbocycles. The number of hydrogen-bond donors (Lipinski definition) is 2. The number of hydrogen-bond acceptors (Lipinski definition) is 4. The van der Waals surface area contributed by atoms with Crippen LogP contribution in [0, 0.1) is 5.41 Å². The van der Waals surface area contributed by atoms with Gasteiger partial charge in [0.15, 0.2) is 5.13 Å². The average molecular weight is 253 g/mol. The molecule has 0 saturated carbocycles. The molecule has 0 saturated heterocycles. The molecule has 0 fully saturated rings. The third-order valence-electron chi connectivity index (χ3n) is 3.60. The van der Waals surface area contributed by atoms with Crippen molar-refractivity contribution in [3.05, 3.63) is 10.6 Å². The molecule has 1 amide bonds. The van der Waals surface area contributed by atoms with Crippen LogP contribution in [0.2, 0.25) is 0 Å². The number of carbonyl (C=O) groups is 1. The summed E-state index contributed by atoms with van der Waals surface area (Å²) in [6.45, 7) is 4.23. The van der Waals surface area contributed by atoms with Gasteiger partial charge in [0.2, 0.25) is 5.91 Å². The Morgan fingerprint density at radius 1 is 1.59 bits per heavy atom. The van der Waals surface area contributed by atoms with E-state index >= 15 is 0 Å². The Kier molecular flexibility index (Phi) is 3.49. The summed E-state index contributed by atoms with van der Waals surface area (Å²) in [6, 6.07) is 0. The maximum Gasteiger partial charge on any atom is 0.233 e. The van der Waals surface area contributed by atoms with Gasteiger partial charge in [-0.15, -0.1) is 11.3 Å². The monoisotopic (exact) mass is 253 g/mol. The highest BCUT2D eigenvalue weighted by Crippen LogP contribution is 2.31. The molecule has 0 aromatic carbocycles. The average Bonchev–Trinajstić information content (AvgIpc) is 2.88. The van der Waals surface area contributed by atoms with Gasteiger partial charge < -0.3 is 11.1 Å². The summed E-state index contributed by atoms with van der Waals surface area (Å²) >= 11 is 1.60. The molecule has 1 unspecified atom stereocenters. The zero-order valence-corrected chi connectivity index (χ0v) is 11.2. The van der Waals surface area contributed by atoms with E-state index in [4.69, 9.17) is 5.73 Å². The molecule has 5 heteroatoms. The van der Waals surface area contributed by atoms with E-state index in [9.17, 15) is 4.79 Å². The Morgan fingerprint density at radius 3 is 2.94 bits per heavy atom. The SMILES string of the molecule is CCC(C)(CN)C(=O)Nc1nc2c(s1)CCC2. The summed E-state index contributed by atoms with van der Waals surface area (Å²) in [5, 5.41) is 3.63. The van der Waals surface area contributed by atoms with Gasteiger partial charge in [0.05, 0.1) is 11.1 Å². The molecule has 1 aliphatic rings. The maximum atomic E-state index is 12.1. The van der Waals surface area contributed by atoms with E-state index in [2.05, 4.69) is 10.3 Å². The zero-order valence-electron chi connectivity index (χ0n) is 10.4. The Bertz CT molecular complexity index is 402. The lowest BCUT2D eigenvalue weighted by Crippen LogP contribution is -2.39. The molecule has 0 aliphatic heterocycles. The minimum absolute atomic E-state index is 0.0186. The van der Waals surface area contributed by atoms with Crippen molar-refractivity contribution in [2.75, 3.05) is 11.9 Å². The van der Waals surface area contributed by atoms with Gasteiger partial charge in [-0.2, -0.15) is 0 Å². The van der Waals surface area contributed by atoms with Gasteiger partial charge in [0.1, 0.15) is 0 Å². The molecule has 0 bridgehead atoms. The van der Waals surface area contributed by atoms with Crippen molar-refractivity contribution in [1.82, 2.24) is 4.98 Å². The first-order valence-corrected chi connectivity index (χ1v) is 6.91. The predicted octanol–water partition coefficient (Wildman–Crippen LogP) is 1.95. The third-order valence-corrected chi connectivity index (χ3v) is 4.67. The summed E-state index contributed by atoms with van der Waals surface area (Å²) in [5.41, 5.74) is 6.34. The molecule has 1 heterocycles. The molecule has 4 nitrogen and oxygen atoms in total. The van der Waals surface area contributed by atoms with Gasteiger partial charge >= 0.3 is 0 Å². The summed E-state index contributed by atoms with van der Waals surface area (Å²) in [7, 11) is 0. The van der Waals surface area contributed by atoms with E-state index in [1.807, 2.05) is 13.8 Å². The number of fused-ring (bicyclic) bond motifs is 1. The second kappa shape index (κ2) is 4.74. The molecule has 0 spiro atoms. The highest BCUT2D eigenvalue weighted by Gasteiger charge is 2.30. The van der Waals surface area contributed by atoms with E-state index in [-0.39, 0.29) is 5.91 Å². The highest BCUT2D eigenvalue weighted by molar-refractivity contribution is 7.15. The van der Waals surface area contributed by atoms with Crippen LogP contribution in [0.5, 0.6) is 0 Å². The fraction of sp³-hybridized carbons (Fsp3) is 0.667. The molecule has 3 N–H and O–H groups in total. The van der Waals surface area contributed by atoms with Crippen LogP contribution >= 0.6 is 11.3 Å². The second-order valence-corrected chi connectivity index (χ2v) is 5.90. The Morgan fingerprint density at radius 2 is 2.35 bits per heavy atom. The number of amides is 1. The predicted molar refractivity (Wildman–Crippen MR) is 70.2 cm³/mol. The van der Waals surface area contributed by atoms with Crippen molar-refractivity contribution in [3.8, 4) is 0 Å². The summed E-state index contributed by atoms with van der Waals surface area (Å²) in [6.07, 6.45) is 4.08. The Hall–Kier alpha value is -0.940. The van der Waals surface area contributed by atoms with Gasteiger partial charge in [-0.05, 0) is 32.6 Å². The summed E-state index contributed by atoms with van der Waals surface area (Å²) in [5.74, 6) is -0.0186. The largest absolute Gasteiger partial charge is 0.329 e. The van der Waals surface area contributed by atoms with Crippen LogP contribution in [0.15, 0.2) is 0 Å². The van der Waals surface area contributed by atoms with Crippen molar-refractivity contribution in [2.24, 2.45) is 11.1 Å². The summed E-state index contributed by atoms with van der Waals surface area (Å²) in [4.78, 5) is 17.9. The zero-order chi connectivity index (χ0) is 12.5. The maximum absolute atomic E-state index is 12.1. The van der Waals surface area contributed by atoms with Crippen molar-refractivity contribution in [1.29, 1.82) is 0 Å². The van der Waals surface area contributed by atoms with E-state index in [0.717, 1.165) is 30.1 Å². The van der Waals surface area contributed by atoms with E-state index in [1.165, 1.54) is 11.3 Å². The molecule has 1 aromatic rings. The first-order chi connectivity index (χ1) is 8.09. The van der Waals surface area contributed by atoms with Gasteiger partial charge in [0, 0.05) is 11.4 Å². The second-order valence-electron chi connectivity index (χ2n) is 4.81. The lowest BCUT2D eigenvalue weighted by molar-refractivity contribution is -0.124. The lowest BCUT2D eigenvalue weighted by atomic mass is 9.87. The molecule has 1 aromatic heterocycles. The number of nitrogens with zero attached hydrogens (tertiary/aromatic N) is 1. The molecule has 17 heavy (non-hydrogen) atoms. The van der Waals surface area contributed by atoms with Gasteiger partial charge in [-0.1, -0.05) is 6.92 Å². The van der Waals surface area contributed by atoms with Crippen molar-refractivity contribution in [2.45, 2.75) is 39.5 Å². The van der Waals surface area contributed by atoms with E-state index < -0.39 is 5.41 Å². The minimum atomic E-state index is -0.490. The van der Waals surface area contributed by atoms with Crippen LogP contribution in [0.3, 0.4) is 0 Å². The van der Waals surface area contributed by atoms with Gasteiger partial charge in [-0.3, -0.25) is 4.79 Å². The number of nitrogens with two attached hydrogens (primary N) is 1. The van der Waals surface area contributed by atoms with Crippen LogP contribution in [-0.2, 0) is 17.6 Å². The highest BCUT2D eigenvalue weighted by atomic mass is 32.1. The van der Waals surface area contributed by atoms with E-state index in [0.29, 0.717) is 6.54 Å². The summed E-state index contributed by atoms with van der Waals surface area (Å²) < 4.78 is 0. The number of thiazole rings is 1. The first kappa shape index (κ1) is 12.5. The van der Waals surface area contributed by atoms with Gasteiger partial charge in [-0.25, -0.2) is 4.98 Å². The topological polar surface area (TPSA) is 68.0 Å². The number of anilines is 1. The van der Waals surface area contributed by atoms with Crippen molar-refractivity contribution in [3.63, 3.8) is 0 Å². The van der Waals surface area contributed by atoms with E-state index in [1.54, 1.807) is 11.3 Å². The molecule has 94 valence electrons. The van der Waals surface area contributed by atoms with Crippen LogP contribution in [-0.4, -0.2) is 17.4 Å². The molecule has 0 radical (unpaired) electrons. The van der Waals surface area contributed by atoms with Crippen molar-refractivity contribution >= 4 is 22.4 Å². The van der Waals surface area contributed by atoms with Crippen LogP contribution < -0.4 is 11.1 Å². The van der Waals surface area contributed by atoms with Crippen molar-refractivity contribution < 1.29 is 4.79 Å².